The van der Waals surface area contributed by atoms with Crippen molar-refractivity contribution in [1.82, 2.24) is 10.1 Å². The molecule has 1 atom stereocenters. The summed E-state index contributed by atoms with van der Waals surface area (Å²) in [6.07, 6.45) is 1.82. The first-order valence-electron chi connectivity index (χ1n) is 8.03. The van der Waals surface area contributed by atoms with Gasteiger partial charge >= 0.3 is 0 Å². The van der Waals surface area contributed by atoms with Crippen LogP contribution in [0.15, 0.2) is 28.8 Å². The number of fused-ring (bicyclic) bond motifs is 1. The van der Waals surface area contributed by atoms with E-state index >= 15 is 0 Å². The van der Waals surface area contributed by atoms with Crippen LogP contribution in [0, 0.1) is 12.7 Å². The molecule has 0 aliphatic carbocycles. The molecule has 2 aromatic heterocycles. The van der Waals surface area contributed by atoms with Gasteiger partial charge in [-0.15, -0.1) is 0 Å². The van der Waals surface area contributed by atoms with Gasteiger partial charge in [0.1, 0.15) is 11.6 Å². The maximum absolute atomic E-state index is 13.5. The Balaban J connectivity index is 1.70. The summed E-state index contributed by atoms with van der Waals surface area (Å²) in [6.45, 7) is 2.81. The van der Waals surface area contributed by atoms with Crippen LogP contribution in [-0.2, 0) is 4.74 Å². The molecule has 8 heteroatoms. The number of amides is 1. The number of benzene rings is 1. The van der Waals surface area contributed by atoms with Crippen molar-refractivity contribution in [1.29, 1.82) is 0 Å². The van der Waals surface area contributed by atoms with Crippen LogP contribution in [0.25, 0.3) is 10.2 Å². The smallest absolute Gasteiger partial charge is 0.282 e. The first-order chi connectivity index (χ1) is 12.1. The molecule has 0 saturated carbocycles. The molecule has 130 valence electrons. The zero-order chi connectivity index (χ0) is 17.4. The Bertz CT molecular complexity index is 917. The molecule has 0 radical (unpaired) electrons. The highest BCUT2D eigenvalue weighted by Gasteiger charge is 2.28. The molecule has 3 heterocycles. The summed E-state index contributed by atoms with van der Waals surface area (Å²) in [5, 5.41) is 4.32. The van der Waals surface area contributed by atoms with Crippen LogP contribution < -0.4 is 4.90 Å². The number of nitrogens with zero attached hydrogens (tertiary/aromatic N) is 3. The number of anilines is 1. The predicted molar refractivity (Wildman–Crippen MR) is 91.5 cm³/mol. The lowest BCUT2D eigenvalue weighted by Crippen LogP contribution is -2.37. The standard InChI is InChI=1S/C17H16FN3O3S/c1-10-7-14(20-24-10)16(22)21(9-12-3-2-6-23-12)17-19-13-5-4-11(18)8-15(13)25-17/h4-5,7-8,12H,2-3,6,9H2,1H3. The third kappa shape index (κ3) is 3.27. The van der Waals surface area contributed by atoms with Gasteiger partial charge in [0.2, 0.25) is 0 Å². The number of thiazole rings is 1. The minimum atomic E-state index is -0.327. The molecule has 0 spiro atoms. The number of hydrogen-bond acceptors (Lipinski definition) is 6. The SMILES string of the molecule is Cc1cc(C(=O)N(CC2CCCO2)c2nc3ccc(F)cc3s2)no1. The summed E-state index contributed by atoms with van der Waals surface area (Å²) in [5.41, 5.74) is 0.879. The van der Waals surface area contributed by atoms with Crippen LogP contribution in [0.4, 0.5) is 9.52 Å². The molecule has 25 heavy (non-hydrogen) atoms. The fourth-order valence-corrected chi connectivity index (χ4v) is 3.85. The van der Waals surface area contributed by atoms with Gasteiger partial charge in [0.25, 0.3) is 5.91 Å². The molecule has 0 bridgehead atoms. The third-order valence-corrected chi connectivity index (χ3v) is 5.11. The van der Waals surface area contributed by atoms with Gasteiger partial charge in [-0.1, -0.05) is 16.5 Å². The van der Waals surface area contributed by atoms with Crippen molar-refractivity contribution in [3.8, 4) is 0 Å². The number of halogens is 1. The van der Waals surface area contributed by atoms with Crippen LogP contribution in [0.3, 0.4) is 0 Å². The van der Waals surface area contributed by atoms with Gasteiger partial charge in [-0.25, -0.2) is 9.37 Å². The van der Waals surface area contributed by atoms with E-state index in [-0.39, 0.29) is 23.5 Å². The second-order valence-electron chi connectivity index (χ2n) is 5.98. The Morgan fingerprint density at radius 3 is 3.04 bits per heavy atom. The Morgan fingerprint density at radius 2 is 2.32 bits per heavy atom. The lowest BCUT2D eigenvalue weighted by Gasteiger charge is -2.21. The maximum Gasteiger partial charge on any atom is 0.282 e. The zero-order valence-electron chi connectivity index (χ0n) is 13.6. The predicted octanol–water partition coefficient (Wildman–Crippen LogP) is 3.56. The van der Waals surface area contributed by atoms with Crippen molar-refractivity contribution in [2.24, 2.45) is 0 Å². The number of carbonyl (C=O) groups excluding carboxylic acids is 1. The Kier molecular flexibility index (Phi) is 4.22. The number of rotatable bonds is 4. The second-order valence-corrected chi connectivity index (χ2v) is 6.99. The highest BCUT2D eigenvalue weighted by Crippen LogP contribution is 2.31. The van der Waals surface area contributed by atoms with E-state index in [1.807, 2.05) is 0 Å². The minimum Gasteiger partial charge on any atom is -0.376 e. The van der Waals surface area contributed by atoms with Crippen molar-refractivity contribution < 1.29 is 18.4 Å². The number of carbonyl (C=O) groups is 1. The van der Waals surface area contributed by atoms with Crippen LogP contribution in [0.5, 0.6) is 0 Å². The van der Waals surface area contributed by atoms with Crippen LogP contribution >= 0.6 is 11.3 Å². The summed E-state index contributed by atoms with van der Waals surface area (Å²) >= 11 is 1.27. The van der Waals surface area contributed by atoms with Gasteiger partial charge in [0.15, 0.2) is 10.8 Å². The average molecular weight is 361 g/mol. The molecule has 0 N–H and O–H groups in total. The molecule has 1 aliphatic heterocycles. The fraction of sp³-hybridized carbons (Fsp3) is 0.353. The van der Waals surface area contributed by atoms with Crippen molar-refractivity contribution >= 4 is 32.6 Å². The summed E-state index contributed by atoms with van der Waals surface area (Å²) in [7, 11) is 0. The molecule has 1 unspecified atom stereocenters. The second kappa shape index (κ2) is 6.53. The van der Waals surface area contributed by atoms with Crippen LogP contribution in [0.1, 0.15) is 29.1 Å². The van der Waals surface area contributed by atoms with E-state index in [2.05, 4.69) is 10.1 Å². The molecular weight excluding hydrogens is 345 g/mol. The van der Waals surface area contributed by atoms with Crippen molar-refractivity contribution in [3.05, 3.63) is 41.5 Å². The van der Waals surface area contributed by atoms with Gasteiger partial charge in [-0.05, 0) is 38.0 Å². The minimum absolute atomic E-state index is 0.0410. The molecule has 1 aliphatic rings. The van der Waals surface area contributed by atoms with Gasteiger partial charge in [0, 0.05) is 12.7 Å². The first-order valence-corrected chi connectivity index (χ1v) is 8.85. The zero-order valence-corrected chi connectivity index (χ0v) is 14.4. The molecule has 3 aromatic rings. The summed E-state index contributed by atoms with van der Waals surface area (Å²) in [4.78, 5) is 19.0. The maximum atomic E-state index is 13.5. The van der Waals surface area contributed by atoms with E-state index in [4.69, 9.17) is 9.26 Å². The molecule has 1 amide bonds. The van der Waals surface area contributed by atoms with Crippen molar-refractivity contribution in [2.45, 2.75) is 25.9 Å². The Hall–Kier alpha value is -2.32. The number of ether oxygens (including phenoxy) is 1. The highest BCUT2D eigenvalue weighted by atomic mass is 32.1. The van der Waals surface area contributed by atoms with E-state index < -0.39 is 0 Å². The van der Waals surface area contributed by atoms with Crippen molar-refractivity contribution in [3.63, 3.8) is 0 Å². The Morgan fingerprint density at radius 1 is 1.44 bits per heavy atom. The average Bonchev–Trinajstić information content (AvgIpc) is 3.31. The summed E-state index contributed by atoms with van der Waals surface area (Å²) in [6, 6.07) is 5.99. The molecule has 1 saturated heterocycles. The number of hydrogen-bond donors (Lipinski definition) is 0. The van der Waals surface area contributed by atoms with E-state index in [0.29, 0.717) is 34.3 Å². The number of aromatic nitrogens is 2. The topological polar surface area (TPSA) is 68.5 Å². The van der Waals surface area contributed by atoms with Gasteiger partial charge in [-0.3, -0.25) is 9.69 Å². The Labute approximate surface area is 147 Å². The molecular formula is C17H16FN3O3S. The lowest BCUT2D eigenvalue weighted by molar-refractivity contribution is 0.0910. The molecule has 1 fully saturated rings. The van der Waals surface area contributed by atoms with E-state index in [1.54, 1.807) is 24.0 Å². The van der Waals surface area contributed by atoms with E-state index in [9.17, 15) is 9.18 Å². The van der Waals surface area contributed by atoms with Gasteiger partial charge in [-0.2, -0.15) is 0 Å². The first kappa shape index (κ1) is 16.2. The largest absolute Gasteiger partial charge is 0.376 e. The van der Waals surface area contributed by atoms with Gasteiger partial charge < -0.3 is 9.26 Å². The third-order valence-electron chi connectivity index (χ3n) is 4.07. The fourth-order valence-electron chi connectivity index (χ4n) is 2.85. The highest BCUT2D eigenvalue weighted by molar-refractivity contribution is 7.22. The van der Waals surface area contributed by atoms with Crippen LogP contribution in [0.2, 0.25) is 0 Å². The normalized spacial score (nSPS) is 17.3. The summed E-state index contributed by atoms with van der Waals surface area (Å²) < 4.78 is 24.8. The molecule has 4 rings (SSSR count). The monoisotopic (exact) mass is 361 g/mol. The van der Waals surface area contributed by atoms with Gasteiger partial charge in [0.05, 0.1) is 22.9 Å². The lowest BCUT2D eigenvalue weighted by atomic mass is 10.2. The van der Waals surface area contributed by atoms with Crippen molar-refractivity contribution in [2.75, 3.05) is 18.1 Å². The van der Waals surface area contributed by atoms with Crippen LogP contribution in [-0.4, -0.2) is 35.3 Å². The summed E-state index contributed by atoms with van der Waals surface area (Å²) in [5.74, 6) is -0.0644. The molecule has 1 aromatic carbocycles. The quantitative estimate of drug-likeness (QED) is 0.711. The van der Waals surface area contributed by atoms with E-state index in [1.165, 1.54) is 23.5 Å². The van der Waals surface area contributed by atoms with E-state index in [0.717, 1.165) is 12.8 Å². The molecule has 6 nitrogen and oxygen atoms in total. The number of aryl methyl sites for hydroxylation is 1.